The van der Waals surface area contributed by atoms with E-state index in [1.54, 1.807) is 11.3 Å². The molecular weight excluding hydrogens is 382 g/mol. The van der Waals surface area contributed by atoms with Gasteiger partial charge in [-0.05, 0) is 37.6 Å². The van der Waals surface area contributed by atoms with Gasteiger partial charge in [-0.3, -0.25) is 4.79 Å². The normalized spacial score (nSPS) is 14.7. The standard InChI is InChI=1S/C23H25N3O2S/c1-16-6-7-17(2)20(12-16)21-15-29-23(25-21)18-4-3-5-19(13-18)24-22(27)14-26-8-10-28-11-9-26/h3-7,12-13,15H,8-11,14H2,1-2H3,(H,24,27)/p+1. The van der Waals surface area contributed by atoms with Crippen molar-refractivity contribution in [1.29, 1.82) is 0 Å². The lowest BCUT2D eigenvalue weighted by molar-refractivity contribution is -0.899. The van der Waals surface area contributed by atoms with Gasteiger partial charge in [0.05, 0.1) is 18.9 Å². The van der Waals surface area contributed by atoms with Crippen LogP contribution in [0.25, 0.3) is 21.8 Å². The maximum atomic E-state index is 12.4. The second-order valence-corrected chi connectivity index (χ2v) is 8.38. The van der Waals surface area contributed by atoms with E-state index in [0.29, 0.717) is 6.54 Å². The summed E-state index contributed by atoms with van der Waals surface area (Å²) >= 11 is 1.63. The van der Waals surface area contributed by atoms with Crippen LogP contribution in [0.15, 0.2) is 47.8 Å². The summed E-state index contributed by atoms with van der Waals surface area (Å²) in [6.07, 6.45) is 0. The molecule has 0 spiro atoms. The van der Waals surface area contributed by atoms with Gasteiger partial charge in [0.15, 0.2) is 6.54 Å². The van der Waals surface area contributed by atoms with Gasteiger partial charge in [0.25, 0.3) is 5.91 Å². The number of aryl methyl sites for hydroxylation is 2. The van der Waals surface area contributed by atoms with Gasteiger partial charge in [0.2, 0.25) is 0 Å². The van der Waals surface area contributed by atoms with Crippen molar-refractivity contribution in [2.45, 2.75) is 13.8 Å². The van der Waals surface area contributed by atoms with Crippen molar-refractivity contribution in [2.75, 3.05) is 38.2 Å². The summed E-state index contributed by atoms with van der Waals surface area (Å²) in [6.45, 7) is 7.90. The van der Waals surface area contributed by atoms with Crippen LogP contribution in [0.1, 0.15) is 11.1 Å². The van der Waals surface area contributed by atoms with Gasteiger partial charge >= 0.3 is 0 Å². The molecule has 5 nitrogen and oxygen atoms in total. The molecule has 0 aliphatic carbocycles. The number of benzene rings is 2. The summed E-state index contributed by atoms with van der Waals surface area (Å²) in [5.41, 5.74) is 6.44. The number of nitrogens with one attached hydrogen (secondary N) is 2. The molecule has 150 valence electrons. The van der Waals surface area contributed by atoms with Gasteiger partial charge in [-0.1, -0.05) is 29.8 Å². The number of carbonyl (C=O) groups excluding carboxylic acids is 1. The molecule has 1 saturated heterocycles. The second kappa shape index (κ2) is 8.86. The highest BCUT2D eigenvalue weighted by Crippen LogP contribution is 2.31. The van der Waals surface area contributed by atoms with E-state index in [2.05, 4.69) is 42.7 Å². The molecule has 0 bridgehead atoms. The minimum atomic E-state index is 0.0364. The van der Waals surface area contributed by atoms with Crippen molar-refractivity contribution in [2.24, 2.45) is 0 Å². The van der Waals surface area contributed by atoms with E-state index in [1.165, 1.54) is 21.6 Å². The lowest BCUT2D eigenvalue weighted by Gasteiger charge is -2.23. The van der Waals surface area contributed by atoms with Crippen LogP contribution in [0, 0.1) is 13.8 Å². The molecule has 1 aliphatic rings. The predicted octanol–water partition coefficient (Wildman–Crippen LogP) is 2.95. The molecule has 4 rings (SSSR count). The molecule has 0 unspecified atom stereocenters. The highest BCUT2D eigenvalue weighted by atomic mass is 32.1. The van der Waals surface area contributed by atoms with Crippen LogP contribution < -0.4 is 10.2 Å². The lowest BCUT2D eigenvalue weighted by Crippen LogP contribution is -3.15. The van der Waals surface area contributed by atoms with Crippen LogP contribution in [-0.4, -0.2) is 43.7 Å². The van der Waals surface area contributed by atoms with E-state index < -0.39 is 0 Å². The van der Waals surface area contributed by atoms with Crippen molar-refractivity contribution in [3.63, 3.8) is 0 Å². The lowest BCUT2D eigenvalue weighted by atomic mass is 10.0. The van der Waals surface area contributed by atoms with Crippen LogP contribution in [-0.2, 0) is 9.53 Å². The molecule has 2 N–H and O–H groups in total. The van der Waals surface area contributed by atoms with Crippen molar-refractivity contribution in [3.8, 4) is 21.8 Å². The van der Waals surface area contributed by atoms with Crippen LogP contribution in [0.3, 0.4) is 0 Å². The predicted molar refractivity (Wildman–Crippen MR) is 117 cm³/mol. The molecule has 0 atom stereocenters. The minimum absolute atomic E-state index is 0.0364. The topological polar surface area (TPSA) is 55.7 Å². The molecule has 2 aromatic carbocycles. The Hall–Kier alpha value is -2.54. The molecule has 29 heavy (non-hydrogen) atoms. The number of morpholine rings is 1. The summed E-state index contributed by atoms with van der Waals surface area (Å²) in [5, 5.41) is 6.09. The summed E-state index contributed by atoms with van der Waals surface area (Å²) in [7, 11) is 0. The first-order valence-corrected chi connectivity index (χ1v) is 10.8. The Morgan fingerprint density at radius 3 is 2.83 bits per heavy atom. The maximum Gasteiger partial charge on any atom is 0.279 e. The summed E-state index contributed by atoms with van der Waals surface area (Å²) in [6, 6.07) is 14.4. The number of carbonyl (C=O) groups is 1. The molecule has 3 aromatic rings. The van der Waals surface area contributed by atoms with E-state index in [1.807, 2.05) is 24.3 Å². The number of aromatic nitrogens is 1. The van der Waals surface area contributed by atoms with E-state index in [4.69, 9.17) is 9.72 Å². The van der Waals surface area contributed by atoms with Gasteiger partial charge in [-0.25, -0.2) is 4.98 Å². The zero-order chi connectivity index (χ0) is 20.2. The van der Waals surface area contributed by atoms with Crippen LogP contribution in [0.5, 0.6) is 0 Å². The summed E-state index contributed by atoms with van der Waals surface area (Å²) in [4.78, 5) is 18.5. The Kier molecular flexibility index (Phi) is 6.04. The zero-order valence-electron chi connectivity index (χ0n) is 16.8. The Morgan fingerprint density at radius 2 is 2.00 bits per heavy atom. The maximum absolute atomic E-state index is 12.4. The van der Waals surface area contributed by atoms with Crippen molar-refractivity contribution in [3.05, 3.63) is 59.0 Å². The third-order valence-corrected chi connectivity index (χ3v) is 6.07. The average molecular weight is 409 g/mol. The third kappa shape index (κ3) is 4.90. The fraction of sp³-hybridized carbons (Fsp3) is 0.304. The second-order valence-electron chi connectivity index (χ2n) is 7.52. The first-order valence-electron chi connectivity index (χ1n) is 9.93. The zero-order valence-corrected chi connectivity index (χ0v) is 17.6. The minimum Gasteiger partial charge on any atom is -0.370 e. The van der Waals surface area contributed by atoms with Crippen LogP contribution in [0.2, 0.25) is 0 Å². The summed E-state index contributed by atoms with van der Waals surface area (Å²) in [5.74, 6) is 0.0364. The number of hydrogen-bond acceptors (Lipinski definition) is 4. The molecule has 1 fully saturated rings. The van der Waals surface area contributed by atoms with E-state index >= 15 is 0 Å². The smallest absolute Gasteiger partial charge is 0.279 e. The van der Waals surface area contributed by atoms with Gasteiger partial charge in [-0.15, -0.1) is 11.3 Å². The van der Waals surface area contributed by atoms with E-state index in [9.17, 15) is 4.79 Å². The number of nitrogens with zero attached hydrogens (tertiary/aromatic N) is 1. The fourth-order valence-corrected chi connectivity index (χ4v) is 4.36. The molecule has 1 aromatic heterocycles. The molecule has 0 saturated carbocycles. The molecule has 2 heterocycles. The Balaban J connectivity index is 1.48. The number of anilines is 1. The van der Waals surface area contributed by atoms with Crippen molar-refractivity contribution >= 4 is 22.9 Å². The molecule has 0 radical (unpaired) electrons. The average Bonchev–Trinajstić information content (AvgIpc) is 3.21. The van der Waals surface area contributed by atoms with E-state index in [-0.39, 0.29) is 5.91 Å². The number of amides is 1. The largest absolute Gasteiger partial charge is 0.370 e. The van der Waals surface area contributed by atoms with Crippen molar-refractivity contribution < 1.29 is 14.4 Å². The van der Waals surface area contributed by atoms with Gasteiger partial charge in [-0.2, -0.15) is 0 Å². The molecule has 1 aliphatic heterocycles. The highest BCUT2D eigenvalue weighted by Gasteiger charge is 2.18. The fourth-order valence-electron chi connectivity index (χ4n) is 3.54. The first kappa shape index (κ1) is 19.8. The van der Waals surface area contributed by atoms with Gasteiger partial charge in [0, 0.05) is 22.2 Å². The number of ether oxygens (including phenoxy) is 1. The SMILES string of the molecule is Cc1ccc(C)c(-c2csc(-c3cccc(NC(=O)C[NH+]4CCOCC4)c3)n2)c1. The Bertz CT molecular complexity index is 1010. The number of rotatable bonds is 5. The molecular formula is C23H26N3O2S+. The van der Waals surface area contributed by atoms with Gasteiger partial charge < -0.3 is 15.0 Å². The number of thiazole rings is 1. The first-order chi connectivity index (χ1) is 14.1. The highest BCUT2D eigenvalue weighted by molar-refractivity contribution is 7.13. The van der Waals surface area contributed by atoms with Crippen molar-refractivity contribution in [1.82, 2.24) is 4.98 Å². The van der Waals surface area contributed by atoms with E-state index in [0.717, 1.165) is 48.3 Å². The van der Waals surface area contributed by atoms with Gasteiger partial charge in [0.1, 0.15) is 18.1 Å². The van der Waals surface area contributed by atoms with Crippen LogP contribution in [0.4, 0.5) is 5.69 Å². The summed E-state index contributed by atoms with van der Waals surface area (Å²) < 4.78 is 5.35. The quantitative estimate of drug-likeness (QED) is 0.683. The number of quaternary nitrogens is 1. The van der Waals surface area contributed by atoms with Crippen LogP contribution >= 0.6 is 11.3 Å². The number of hydrogen-bond donors (Lipinski definition) is 2. The Labute approximate surface area is 175 Å². The Morgan fingerprint density at radius 1 is 1.17 bits per heavy atom. The molecule has 1 amide bonds. The third-order valence-electron chi connectivity index (χ3n) is 5.18. The monoisotopic (exact) mass is 408 g/mol. The molecule has 6 heteroatoms.